The lowest BCUT2D eigenvalue weighted by molar-refractivity contribution is -0.384. The van der Waals surface area contributed by atoms with E-state index in [-0.39, 0.29) is 46.6 Å². The highest BCUT2D eigenvalue weighted by Crippen LogP contribution is 2.52. The summed E-state index contributed by atoms with van der Waals surface area (Å²) in [7, 11) is 0. The average Bonchev–Trinajstić information content (AvgIpc) is 3.29. The van der Waals surface area contributed by atoms with Crippen molar-refractivity contribution in [3.05, 3.63) is 67.1 Å². The first-order valence-corrected chi connectivity index (χ1v) is 16.0. The van der Waals surface area contributed by atoms with Crippen molar-refractivity contribution in [2.75, 3.05) is 17.8 Å². The number of carbonyl (C=O) groups is 4. The van der Waals surface area contributed by atoms with Gasteiger partial charge < -0.3 is 23.9 Å². The van der Waals surface area contributed by atoms with Gasteiger partial charge in [0.1, 0.15) is 18.5 Å². The van der Waals surface area contributed by atoms with Gasteiger partial charge in [-0.1, -0.05) is 37.7 Å². The Balaban J connectivity index is 1.79. The Hall–Kier alpha value is -4.57. The van der Waals surface area contributed by atoms with E-state index in [1.54, 1.807) is 11.2 Å². The molecule has 0 radical (unpaired) electrons. The van der Waals surface area contributed by atoms with Crippen LogP contribution in [0.2, 0.25) is 0 Å². The summed E-state index contributed by atoms with van der Waals surface area (Å²) in [5.74, 6) is -3.19. The third-order valence-electron chi connectivity index (χ3n) is 8.13. The fourth-order valence-corrected chi connectivity index (χ4v) is 6.78. The quantitative estimate of drug-likeness (QED) is 0.107. The molecule has 2 aromatic rings. The number of nitrogens with one attached hydrogen (secondary N) is 1. The number of Topliss-reactive ketones (excluding diaryl/α,β-unsaturated/α-hetero) is 1. The fraction of sp³-hybridized carbons (Fsp3) is 0.484. The van der Waals surface area contributed by atoms with Gasteiger partial charge in [0, 0.05) is 56.5 Å². The monoisotopic (exact) mass is 670 g/mol. The SMILES string of the molecule is CSc1nc2c(c(=O)[nH]1)C(c1ccc([N+](=O)[O-])cc1)C1=C(CC(C)(C)CC1=O)N2[C@@H]1O[C@H](COC(C)=O)[C@@H](OC(C)=O)[C@@H]1OC(C)=O. The highest BCUT2D eigenvalue weighted by Gasteiger charge is 2.56. The summed E-state index contributed by atoms with van der Waals surface area (Å²) < 4.78 is 22.9. The van der Waals surface area contributed by atoms with Gasteiger partial charge in [-0.15, -0.1) is 0 Å². The van der Waals surface area contributed by atoms with Crippen LogP contribution < -0.4 is 10.5 Å². The number of ketones is 1. The lowest BCUT2D eigenvalue weighted by atomic mass is 9.68. The zero-order valence-electron chi connectivity index (χ0n) is 26.6. The van der Waals surface area contributed by atoms with Crippen LogP contribution in [-0.4, -0.2) is 76.0 Å². The molecule has 5 rings (SSSR count). The minimum Gasteiger partial charge on any atom is -0.463 e. The maximum atomic E-state index is 14.1. The van der Waals surface area contributed by atoms with Crippen LogP contribution in [0.4, 0.5) is 11.5 Å². The molecule has 1 aromatic carbocycles. The summed E-state index contributed by atoms with van der Waals surface area (Å²) >= 11 is 1.16. The Morgan fingerprint density at radius 1 is 1.06 bits per heavy atom. The predicted molar refractivity (Wildman–Crippen MR) is 166 cm³/mol. The van der Waals surface area contributed by atoms with Gasteiger partial charge in [-0.2, -0.15) is 0 Å². The number of ether oxygens (including phenoxy) is 4. The Bertz CT molecular complexity index is 1740. The van der Waals surface area contributed by atoms with Crippen molar-refractivity contribution in [3.63, 3.8) is 0 Å². The number of allylic oxidation sites excluding steroid dienone is 2. The van der Waals surface area contributed by atoms with Crippen LogP contribution in [0.5, 0.6) is 0 Å². The number of H-pyrrole nitrogens is 1. The number of nitrogens with zero attached hydrogens (tertiary/aromatic N) is 3. The van der Waals surface area contributed by atoms with Crippen molar-refractivity contribution >= 4 is 47.0 Å². The first-order chi connectivity index (χ1) is 22.1. The van der Waals surface area contributed by atoms with E-state index >= 15 is 0 Å². The molecule has 5 atom stereocenters. The number of nitro groups is 1. The molecule has 0 saturated carbocycles. The molecule has 1 saturated heterocycles. The number of benzene rings is 1. The van der Waals surface area contributed by atoms with E-state index < -0.39 is 64.3 Å². The topological polar surface area (TPSA) is 197 Å². The largest absolute Gasteiger partial charge is 0.463 e. The molecular weight excluding hydrogens is 636 g/mol. The van der Waals surface area contributed by atoms with Gasteiger partial charge in [0.25, 0.3) is 11.2 Å². The number of carbonyl (C=O) groups excluding carboxylic acids is 4. The van der Waals surface area contributed by atoms with E-state index in [9.17, 15) is 34.1 Å². The lowest BCUT2D eigenvalue weighted by Crippen LogP contribution is -2.52. The summed E-state index contributed by atoms with van der Waals surface area (Å²) in [4.78, 5) is 84.5. The molecule has 1 N–H and O–H groups in total. The molecule has 47 heavy (non-hydrogen) atoms. The Kier molecular flexibility index (Phi) is 9.28. The normalized spacial score (nSPS) is 24.7. The highest BCUT2D eigenvalue weighted by molar-refractivity contribution is 7.98. The Labute approximate surface area is 273 Å². The first kappa shape index (κ1) is 33.8. The molecule has 1 aromatic heterocycles. The first-order valence-electron chi connectivity index (χ1n) is 14.7. The molecule has 0 bridgehead atoms. The van der Waals surface area contributed by atoms with Crippen LogP contribution in [0, 0.1) is 15.5 Å². The second-order valence-corrected chi connectivity index (χ2v) is 13.1. The van der Waals surface area contributed by atoms with E-state index in [1.165, 1.54) is 45.0 Å². The number of aromatic nitrogens is 2. The van der Waals surface area contributed by atoms with Gasteiger partial charge in [-0.05, 0) is 23.7 Å². The molecule has 250 valence electrons. The molecule has 15 nitrogen and oxygen atoms in total. The second kappa shape index (κ2) is 12.9. The minimum absolute atomic E-state index is 0.0705. The van der Waals surface area contributed by atoms with E-state index in [0.717, 1.165) is 11.8 Å². The predicted octanol–water partition coefficient (Wildman–Crippen LogP) is 3.15. The van der Waals surface area contributed by atoms with Crippen molar-refractivity contribution in [1.82, 2.24) is 9.97 Å². The smallest absolute Gasteiger partial charge is 0.303 e. The van der Waals surface area contributed by atoms with Gasteiger partial charge in [0.05, 0.1) is 10.5 Å². The summed E-state index contributed by atoms with van der Waals surface area (Å²) in [6.45, 7) is 6.99. The van der Waals surface area contributed by atoms with Crippen molar-refractivity contribution in [2.45, 2.75) is 83.1 Å². The Morgan fingerprint density at radius 3 is 2.28 bits per heavy atom. The van der Waals surface area contributed by atoms with E-state index in [2.05, 4.69) is 4.98 Å². The Morgan fingerprint density at radius 2 is 1.70 bits per heavy atom. The number of fused-ring (bicyclic) bond motifs is 1. The number of hydrogen-bond acceptors (Lipinski definition) is 14. The minimum atomic E-state index is -1.31. The number of thioether (sulfide) groups is 1. The van der Waals surface area contributed by atoms with Gasteiger partial charge in [0.15, 0.2) is 29.4 Å². The highest BCUT2D eigenvalue weighted by atomic mass is 32.2. The maximum absolute atomic E-state index is 14.1. The second-order valence-electron chi connectivity index (χ2n) is 12.3. The van der Waals surface area contributed by atoms with Gasteiger partial charge >= 0.3 is 17.9 Å². The van der Waals surface area contributed by atoms with Crippen LogP contribution >= 0.6 is 11.8 Å². The van der Waals surface area contributed by atoms with E-state index in [4.69, 9.17) is 23.9 Å². The molecule has 2 aliphatic heterocycles. The summed E-state index contributed by atoms with van der Waals surface area (Å²) in [5.41, 5.74) is -0.0854. The standard InChI is InChI=1S/C31H34N4O11S/c1-14(36)43-13-21-25(44-15(2)37)26(45-16(3)38)29(46-21)34-19-11-31(4,5)12-20(39)23(19)22(17-7-9-18(10-8-17)35(41)42)24-27(34)32-30(47-6)33-28(24)40/h7-10,21-22,25-26,29H,11-13H2,1-6H3,(H,32,33,40)/t21-,22?,25-,26+,29-/m1/s1. The number of aromatic amines is 1. The van der Waals surface area contributed by atoms with Crippen LogP contribution in [-0.2, 0) is 38.1 Å². The van der Waals surface area contributed by atoms with Crippen LogP contribution in [0.1, 0.15) is 64.5 Å². The van der Waals surface area contributed by atoms with Crippen molar-refractivity contribution in [3.8, 4) is 0 Å². The number of esters is 3. The molecule has 3 heterocycles. The number of nitro benzene ring substituents is 1. The third kappa shape index (κ3) is 6.65. The average molecular weight is 671 g/mol. The summed E-state index contributed by atoms with van der Waals surface area (Å²) in [5, 5.41) is 11.7. The zero-order valence-corrected chi connectivity index (χ0v) is 27.4. The third-order valence-corrected chi connectivity index (χ3v) is 8.71. The number of hydrogen-bond donors (Lipinski definition) is 1. The fourth-order valence-electron chi connectivity index (χ4n) is 6.40. The molecule has 0 spiro atoms. The molecule has 0 amide bonds. The van der Waals surface area contributed by atoms with Gasteiger partial charge in [-0.25, -0.2) is 4.98 Å². The van der Waals surface area contributed by atoms with E-state index in [0.29, 0.717) is 17.7 Å². The molecule has 1 fully saturated rings. The number of rotatable bonds is 8. The zero-order chi connectivity index (χ0) is 34.4. The maximum Gasteiger partial charge on any atom is 0.303 e. The van der Waals surface area contributed by atoms with Crippen molar-refractivity contribution in [2.24, 2.45) is 5.41 Å². The molecule has 16 heteroatoms. The number of non-ortho nitro benzene ring substituents is 1. The number of anilines is 1. The summed E-state index contributed by atoms with van der Waals surface area (Å²) in [6, 6.07) is 5.61. The molecular formula is C31H34N4O11S. The van der Waals surface area contributed by atoms with Crippen LogP contribution in [0.25, 0.3) is 0 Å². The van der Waals surface area contributed by atoms with Gasteiger partial charge in [-0.3, -0.25) is 39.0 Å². The van der Waals surface area contributed by atoms with Crippen LogP contribution in [0.15, 0.2) is 45.5 Å². The van der Waals surface area contributed by atoms with Crippen molar-refractivity contribution < 1.29 is 43.0 Å². The van der Waals surface area contributed by atoms with Crippen molar-refractivity contribution in [1.29, 1.82) is 0 Å². The lowest BCUT2D eigenvalue weighted by Gasteiger charge is -2.46. The van der Waals surface area contributed by atoms with E-state index in [1.807, 2.05) is 13.8 Å². The molecule has 1 aliphatic carbocycles. The summed E-state index contributed by atoms with van der Waals surface area (Å²) in [6.07, 6.45) is -2.81. The molecule has 1 unspecified atom stereocenters. The van der Waals surface area contributed by atoms with Gasteiger partial charge in [0.2, 0.25) is 0 Å². The van der Waals surface area contributed by atoms with Crippen LogP contribution in [0.3, 0.4) is 0 Å². The molecule has 3 aliphatic rings.